The lowest BCUT2D eigenvalue weighted by atomic mass is 10.0. The normalized spacial score (nSPS) is 12.9. The van der Waals surface area contributed by atoms with Crippen molar-refractivity contribution in [1.82, 2.24) is 9.97 Å². The number of aliphatic hydroxyl groups is 2. The first-order chi connectivity index (χ1) is 12.1. The molecule has 1 unspecified atom stereocenters. The highest BCUT2D eigenvalue weighted by atomic mass is 32.1. The number of nitrogens with zero attached hydrogens (tertiary/aromatic N) is 1. The fraction of sp³-hybridized carbons (Fsp3) is 0.176. The van der Waals surface area contributed by atoms with E-state index >= 15 is 0 Å². The van der Waals surface area contributed by atoms with Gasteiger partial charge in [0.2, 0.25) is 0 Å². The lowest BCUT2D eigenvalue weighted by Crippen LogP contribution is -2.22. The Morgan fingerprint density at radius 1 is 1.28 bits per heavy atom. The standard InChI is InChI=1S/C17H14FN3O3S/c18-8-1-2-10-12(5-8)13-11(3-4-19-16(13)24)15-14(10)21-17(25-15)20-6-9(23)7-22/h1-5,9,22-23H,6-7H2,(H,19,24)(H,20,21). The summed E-state index contributed by atoms with van der Waals surface area (Å²) < 4.78 is 14.6. The average molecular weight is 359 g/mol. The Morgan fingerprint density at radius 3 is 2.92 bits per heavy atom. The summed E-state index contributed by atoms with van der Waals surface area (Å²) in [4.78, 5) is 19.5. The van der Waals surface area contributed by atoms with Gasteiger partial charge in [-0.3, -0.25) is 4.79 Å². The number of fused-ring (bicyclic) bond motifs is 6. The zero-order valence-corrected chi connectivity index (χ0v) is 13.7. The Kier molecular flexibility index (Phi) is 3.87. The molecule has 0 aliphatic carbocycles. The number of rotatable bonds is 4. The minimum Gasteiger partial charge on any atom is -0.394 e. The van der Waals surface area contributed by atoms with Crippen molar-refractivity contribution in [2.75, 3.05) is 18.5 Å². The van der Waals surface area contributed by atoms with E-state index in [1.807, 2.05) is 0 Å². The Hall–Kier alpha value is -2.55. The molecule has 4 aromatic rings. The summed E-state index contributed by atoms with van der Waals surface area (Å²) in [7, 11) is 0. The number of aliphatic hydroxyl groups excluding tert-OH is 2. The number of aromatic amines is 1. The van der Waals surface area contributed by atoms with Gasteiger partial charge in [-0.2, -0.15) is 0 Å². The molecule has 2 aromatic heterocycles. The van der Waals surface area contributed by atoms with Crippen molar-refractivity contribution < 1.29 is 14.6 Å². The number of H-pyrrole nitrogens is 1. The molecule has 6 nitrogen and oxygen atoms in total. The number of pyridine rings is 1. The fourth-order valence-electron chi connectivity index (χ4n) is 2.90. The molecule has 4 rings (SSSR count). The molecular weight excluding hydrogens is 345 g/mol. The molecular formula is C17H14FN3O3S. The van der Waals surface area contributed by atoms with Gasteiger partial charge in [-0.1, -0.05) is 11.3 Å². The van der Waals surface area contributed by atoms with Gasteiger partial charge in [-0.25, -0.2) is 9.37 Å². The molecule has 128 valence electrons. The minimum absolute atomic E-state index is 0.154. The van der Waals surface area contributed by atoms with Gasteiger partial charge in [0.25, 0.3) is 5.56 Å². The lowest BCUT2D eigenvalue weighted by Gasteiger charge is -2.06. The zero-order chi connectivity index (χ0) is 17.6. The van der Waals surface area contributed by atoms with E-state index in [9.17, 15) is 14.3 Å². The van der Waals surface area contributed by atoms with Crippen molar-refractivity contribution in [2.24, 2.45) is 0 Å². The van der Waals surface area contributed by atoms with Gasteiger partial charge in [-0.15, -0.1) is 0 Å². The number of hydrogen-bond acceptors (Lipinski definition) is 6. The number of benzene rings is 2. The summed E-state index contributed by atoms with van der Waals surface area (Å²) in [5.41, 5.74) is 0.382. The van der Waals surface area contributed by atoms with Gasteiger partial charge in [-0.05, 0) is 24.3 Å². The smallest absolute Gasteiger partial charge is 0.256 e. The summed E-state index contributed by atoms with van der Waals surface area (Å²) in [5.74, 6) is -0.420. The van der Waals surface area contributed by atoms with Crippen molar-refractivity contribution in [3.05, 3.63) is 46.6 Å². The Labute approximate surface area is 144 Å². The highest BCUT2D eigenvalue weighted by Gasteiger charge is 2.16. The molecule has 0 fully saturated rings. The van der Waals surface area contributed by atoms with Crippen LogP contribution in [0.3, 0.4) is 0 Å². The van der Waals surface area contributed by atoms with Crippen LogP contribution < -0.4 is 10.9 Å². The van der Waals surface area contributed by atoms with E-state index in [0.717, 1.165) is 4.70 Å². The van der Waals surface area contributed by atoms with Crippen LogP contribution in [-0.2, 0) is 0 Å². The van der Waals surface area contributed by atoms with E-state index in [0.29, 0.717) is 32.2 Å². The van der Waals surface area contributed by atoms with Crippen molar-refractivity contribution in [3.8, 4) is 0 Å². The molecule has 4 N–H and O–H groups in total. The van der Waals surface area contributed by atoms with Gasteiger partial charge >= 0.3 is 0 Å². The van der Waals surface area contributed by atoms with E-state index in [-0.39, 0.29) is 18.7 Å². The monoisotopic (exact) mass is 359 g/mol. The molecule has 0 amide bonds. The Balaban J connectivity index is 2.03. The molecule has 0 bridgehead atoms. The molecule has 2 aromatic carbocycles. The van der Waals surface area contributed by atoms with Crippen molar-refractivity contribution in [2.45, 2.75) is 6.10 Å². The molecule has 8 heteroatoms. The van der Waals surface area contributed by atoms with Crippen LogP contribution in [0.15, 0.2) is 35.3 Å². The first kappa shape index (κ1) is 15.9. The Morgan fingerprint density at radius 2 is 2.12 bits per heavy atom. The predicted octanol–water partition coefficient (Wildman–Crippen LogP) is 2.20. The number of halogens is 1. The second kappa shape index (κ2) is 6.07. The van der Waals surface area contributed by atoms with Crippen LogP contribution in [0, 0.1) is 5.82 Å². The van der Waals surface area contributed by atoms with Crippen LogP contribution >= 0.6 is 11.3 Å². The van der Waals surface area contributed by atoms with Crippen LogP contribution in [0.4, 0.5) is 9.52 Å². The maximum atomic E-state index is 13.8. The molecule has 25 heavy (non-hydrogen) atoms. The van der Waals surface area contributed by atoms with Gasteiger partial charge in [0, 0.05) is 28.9 Å². The molecule has 1 atom stereocenters. The molecule has 0 saturated carbocycles. The third-order valence-electron chi connectivity index (χ3n) is 4.04. The van der Waals surface area contributed by atoms with E-state index in [1.165, 1.54) is 23.5 Å². The van der Waals surface area contributed by atoms with E-state index < -0.39 is 11.9 Å². The zero-order valence-electron chi connectivity index (χ0n) is 12.9. The Bertz CT molecular complexity index is 1150. The number of thiazole rings is 1. The highest BCUT2D eigenvalue weighted by molar-refractivity contribution is 7.23. The number of anilines is 1. The van der Waals surface area contributed by atoms with E-state index in [1.54, 1.807) is 18.3 Å². The van der Waals surface area contributed by atoms with Gasteiger partial charge in [0.15, 0.2) is 5.13 Å². The largest absolute Gasteiger partial charge is 0.394 e. The van der Waals surface area contributed by atoms with Gasteiger partial charge in [0.1, 0.15) is 5.82 Å². The summed E-state index contributed by atoms with van der Waals surface area (Å²) in [5, 5.41) is 24.3. The van der Waals surface area contributed by atoms with Crippen LogP contribution in [0.5, 0.6) is 0 Å². The number of nitrogens with one attached hydrogen (secondary N) is 2. The highest BCUT2D eigenvalue weighted by Crippen LogP contribution is 2.38. The van der Waals surface area contributed by atoms with Crippen molar-refractivity contribution in [3.63, 3.8) is 0 Å². The van der Waals surface area contributed by atoms with Gasteiger partial charge < -0.3 is 20.5 Å². The van der Waals surface area contributed by atoms with Crippen molar-refractivity contribution in [1.29, 1.82) is 0 Å². The molecule has 2 heterocycles. The SMILES string of the molecule is O=c1[nH]ccc2c3sc(NCC(O)CO)nc3c3ccc(F)cc3c12. The first-order valence-corrected chi connectivity index (χ1v) is 8.46. The minimum atomic E-state index is -0.891. The molecule has 0 saturated heterocycles. The van der Waals surface area contributed by atoms with E-state index in [4.69, 9.17) is 5.11 Å². The fourth-order valence-corrected chi connectivity index (χ4v) is 3.91. The summed E-state index contributed by atoms with van der Waals surface area (Å²) in [6, 6.07) is 6.07. The quantitative estimate of drug-likeness (QED) is 0.419. The molecule has 0 radical (unpaired) electrons. The first-order valence-electron chi connectivity index (χ1n) is 7.64. The molecule has 0 aliphatic rings. The van der Waals surface area contributed by atoms with Crippen molar-refractivity contribution >= 4 is 48.2 Å². The molecule has 0 aliphatic heterocycles. The summed E-state index contributed by atoms with van der Waals surface area (Å²) >= 11 is 1.35. The topological polar surface area (TPSA) is 98.2 Å². The summed E-state index contributed by atoms with van der Waals surface area (Å²) in [6.45, 7) is -0.195. The second-order valence-electron chi connectivity index (χ2n) is 5.70. The maximum Gasteiger partial charge on any atom is 0.256 e. The summed E-state index contributed by atoms with van der Waals surface area (Å²) in [6.07, 6.45) is 0.662. The second-order valence-corrected chi connectivity index (χ2v) is 6.70. The van der Waals surface area contributed by atoms with Crippen LogP contribution in [0.1, 0.15) is 0 Å². The predicted molar refractivity (Wildman–Crippen MR) is 96.8 cm³/mol. The third kappa shape index (κ3) is 2.64. The lowest BCUT2D eigenvalue weighted by molar-refractivity contribution is 0.105. The molecule has 0 spiro atoms. The third-order valence-corrected chi connectivity index (χ3v) is 5.08. The number of aromatic nitrogens is 2. The maximum absolute atomic E-state index is 13.8. The number of hydrogen-bond donors (Lipinski definition) is 4. The van der Waals surface area contributed by atoms with Crippen LogP contribution in [0.25, 0.3) is 31.8 Å². The van der Waals surface area contributed by atoms with Gasteiger partial charge in [0.05, 0.1) is 28.3 Å². The average Bonchev–Trinajstić information content (AvgIpc) is 3.04. The van der Waals surface area contributed by atoms with Crippen LogP contribution in [-0.4, -0.2) is 39.4 Å². The van der Waals surface area contributed by atoms with E-state index in [2.05, 4.69) is 15.3 Å². The van der Waals surface area contributed by atoms with Crippen LogP contribution in [0.2, 0.25) is 0 Å².